The predicted molar refractivity (Wildman–Crippen MR) is 78.6 cm³/mol. The van der Waals surface area contributed by atoms with Gasteiger partial charge in [-0.15, -0.1) is 0 Å². The van der Waals surface area contributed by atoms with Crippen molar-refractivity contribution in [2.45, 2.75) is 31.6 Å². The van der Waals surface area contributed by atoms with Crippen LogP contribution in [0.5, 0.6) is 5.75 Å². The van der Waals surface area contributed by atoms with Crippen molar-refractivity contribution in [3.63, 3.8) is 0 Å². The third-order valence-electron chi connectivity index (χ3n) is 3.80. The molecule has 1 aliphatic rings. The fourth-order valence-electron chi connectivity index (χ4n) is 2.43. The summed E-state index contributed by atoms with van der Waals surface area (Å²) in [7, 11) is -3.75. The maximum absolute atomic E-state index is 11.9. The Kier molecular flexibility index (Phi) is 4.53. The predicted octanol–water partition coefficient (Wildman–Crippen LogP) is 0.952. The van der Waals surface area contributed by atoms with Crippen molar-refractivity contribution < 1.29 is 17.9 Å². The number of hydrogen-bond acceptors (Lipinski definition) is 4. The smallest absolute Gasteiger partial charge is 0.260 e. The van der Waals surface area contributed by atoms with E-state index in [2.05, 4.69) is 0 Å². The first-order valence-electron chi connectivity index (χ1n) is 6.84. The van der Waals surface area contributed by atoms with E-state index in [4.69, 9.17) is 9.88 Å². The first-order chi connectivity index (χ1) is 9.80. The van der Waals surface area contributed by atoms with Crippen molar-refractivity contribution in [1.82, 2.24) is 4.90 Å². The highest BCUT2D eigenvalue weighted by atomic mass is 32.2. The normalized spacial score (nSPS) is 15.3. The third-order valence-corrected chi connectivity index (χ3v) is 4.86. The molecule has 0 bridgehead atoms. The molecule has 1 aliphatic heterocycles. The molecule has 1 aromatic rings. The van der Waals surface area contributed by atoms with Crippen LogP contribution < -0.4 is 9.88 Å². The number of hydrogen-bond donors (Lipinski definition) is 1. The van der Waals surface area contributed by atoms with Crippen LogP contribution in [0.4, 0.5) is 0 Å². The molecule has 0 aliphatic carbocycles. The monoisotopic (exact) mass is 312 g/mol. The molecular weight excluding hydrogens is 292 g/mol. The Balaban J connectivity index is 2.11. The zero-order chi connectivity index (χ0) is 15.6. The van der Waals surface area contributed by atoms with Crippen molar-refractivity contribution in [1.29, 1.82) is 0 Å². The van der Waals surface area contributed by atoms with Gasteiger partial charge >= 0.3 is 0 Å². The number of primary sulfonamides is 1. The molecule has 0 spiro atoms. The van der Waals surface area contributed by atoms with E-state index in [0.29, 0.717) is 16.9 Å². The van der Waals surface area contributed by atoms with Crippen molar-refractivity contribution in [2.75, 3.05) is 19.7 Å². The van der Waals surface area contributed by atoms with Crippen LogP contribution in [-0.2, 0) is 14.8 Å². The zero-order valence-electron chi connectivity index (χ0n) is 12.3. The number of likely N-dealkylation sites (tertiary alicyclic amines) is 1. The Morgan fingerprint density at radius 2 is 1.86 bits per heavy atom. The number of nitrogens with two attached hydrogens (primary N) is 1. The number of nitrogens with zero attached hydrogens (tertiary/aromatic N) is 1. The van der Waals surface area contributed by atoms with Gasteiger partial charge < -0.3 is 9.64 Å². The van der Waals surface area contributed by atoms with Crippen LogP contribution in [0.25, 0.3) is 0 Å². The summed E-state index contributed by atoms with van der Waals surface area (Å²) in [5, 5.41) is 5.15. The summed E-state index contributed by atoms with van der Waals surface area (Å²) < 4.78 is 28.4. The van der Waals surface area contributed by atoms with Crippen LogP contribution in [0.2, 0.25) is 0 Å². The largest absolute Gasteiger partial charge is 0.483 e. The molecule has 0 unspecified atom stereocenters. The van der Waals surface area contributed by atoms with Crippen LogP contribution in [0.3, 0.4) is 0 Å². The molecule has 6 nitrogen and oxygen atoms in total. The molecule has 0 aromatic heterocycles. The fourth-order valence-corrected chi connectivity index (χ4v) is 3.27. The summed E-state index contributed by atoms with van der Waals surface area (Å²) in [6.07, 6.45) is 2.07. The second kappa shape index (κ2) is 6.03. The minimum atomic E-state index is -3.75. The number of rotatable bonds is 4. The maximum Gasteiger partial charge on any atom is 0.260 e. The number of carbonyl (C=O) groups excluding carboxylic acids is 1. The van der Waals surface area contributed by atoms with Gasteiger partial charge in [0.2, 0.25) is 10.0 Å². The Morgan fingerprint density at radius 1 is 1.24 bits per heavy atom. The number of sulfonamides is 1. The van der Waals surface area contributed by atoms with Crippen LogP contribution in [0.15, 0.2) is 17.0 Å². The van der Waals surface area contributed by atoms with Gasteiger partial charge in [0.05, 0.1) is 4.90 Å². The highest BCUT2D eigenvalue weighted by Gasteiger charge is 2.20. The molecule has 2 N–H and O–H groups in total. The minimum Gasteiger partial charge on any atom is -0.483 e. The zero-order valence-corrected chi connectivity index (χ0v) is 13.1. The van der Waals surface area contributed by atoms with Gasteiger partial charge in [-0.2, -0.15) is 0 Å². The highest BCUT2D eigenvalue weighted by Crippen LogP contribution is 2.26. The first-order valence-corrected chi connectivity index (χ1v) is 8.39. The number of amides is 1. The molecule has 116 valence electrons. The SMILES string of the molecule is Cc1c(OCC(=O)N2CCCC2)ccc(S(N)(=O)=O)c1C. The molecule has 2 rings (SSSR count). The molecule has 1 amide bonds. The quantitative estimate of drug-likeness (QED) is 0.896. The first kappa shape index (κ1) is 15.8. The highest BCUT2D eigenvalue weighted by molar-refractivity contribution is 7.89. The molecule has 7 heteroatoms. The average molecular weight is 312 g/mol. The molecule has 1 saturated heterocycles. The molecule has 1 fully saturated rings. The van der Waals surface area contributed by atoms with Gasteiger partial charge in [0.25, 0.3) is 5.91 Å². The van der Waals surface area contributed by atoms with Crippen LogP contribution in [-0.4, -0.2) is 38.9 Å². The lowest BCUT2D eigenvalue weighted by atomic mass is 10.1. The van der Waals surface area contributed by atoms with Gasteiger partial charge in [-0.1, -0.05) is 0 Å². The lowest BCUT2D eigenvalue weighted by Crippen LogP contribution is -2.32. The molecule has 1 heterocycles. The second-order valence-electron chi connectivity index (χ2n) is 5.23. The lowest BCUT2D eigenvalue weighted by molar-refractivity contribution is -0.132. The van der Waals surface area contributed by atoms with Gasteiger partial charge in [-0.25, -0.2) is 13.6 Å². The van der Waals surface area contributed by atoms with Crippen LogP contribution in [0, 0.1) is 13.8 Å². The Hall–Kier alpha value is -1.60. The van der Waals surface area contributed by atoms with E-state index in [1.54, 1.807) is 24.8 Å². The summed E-state index contributed by atoms with van der Waals surface area (Å²) in [6.45, 7) is 4.95. The Morgan fingerprint density at radius 3 is 2.43 bits per heavy atom. The molecule has 0 radical (unpaired) electrons. The summed E-state index contributed by atoms with van der Waals surface area (Å²) in [5.41, 5.74) is 1.22. The van der Waals surface area contributed by atoms with Gasteiger partial charge in [0, 0.05) is 13.1 Å². The van der Waals surface area contributed by atoms with Crippen LogP contribution >= 0.6 is 0 Å². The van der Waals surface area contributed by atoms with Crippen molar-refractivity contribution in [2.24, 2.45) is 5.14 Å². The van der Waals surface area contributed by atoms with E-state index in [1.807, 2.05) is 0 Å². The van der Waals surface area contributed by atoms with Gasteiger partial charge in [-0.3, -0.25) is 4.79 Å². The minimum absolute atomic E-state index is 0.0327. The number of benzene rings is 1. The van der Waals surface area contributed by atoms with Crippen molar-refractivity contribution in [3.05, 3.63) is 23.3 Å². The van der Waals surface area contributed by atoms with Crippen LogP contribution in [0.1, 0.15) is 24.0 Å². The summed E-state index contributed by atoms with van der Waals surface area (Å²) in [5.74, 6) is 0.465. The molecule has 21 heavy (non-hydrogen) atoms. The summed E-state index contributed by atoms with van der Waals surface area (Å²) >= 11 is 0. The topological polar surface area (TPSA) is 89.7 Å². The molecule has 0 atom stereocenters. The molecular formula is C14H20N2O4S. The fraction of sp³-hybridized carbons (Fsp3) is 0.500. The Bertz CT molecular complexity index is 649. The van der Waals surface area contributed by atoms with Gasteiger partial charge in [-0.05, 0) is 49.9 Å². The summed E-state index contributed by atoms with van der Waals surface area (Å²) in [6, 6.07) is 2.95. The van der Waals surface area contributed by atoms with E-state index < -0.39 is 10.0 Å². The maximum atomic E-state index is 11.9. The third kappa shape index (κ3) is 3.54. The van der Waals surface area contributed by atoms with E-state index in [1.165, 1.54) is 6.07 Å². The lowest BCUT2D eigenvalue weighted by Gasteiger charge is -2.17. The Labute approximate surface area is 124 Å². The van der Waals surface area contributed by atoms with E-state index >= 15 is 0 Å². The van der Waals surface area contributed by atoms with Gasteiger partial charge in [0.15, 0.2) is 6.61 Å². The van der Waals surface area contributed by atoms with Gasteiger partial charge in [0.1, 0.15) is 5.75 Å². The van der Waals surface area contributed by atoms with Crippen molar-refractivity contribution in [3.8, 4) is 5.75 Å². The second-order valence-corrected chi connectivity index (χ2v) is 6.76. The van der Waals surface area contributed by atoms with E-state index in [9.17, 15) is 13.2 Å². The average Bonchev–Trinajstić information content (AvgIpc) is 2.92. The summed E-state index contributed by atoms with van der Waals surface area (Å²) in [4.78, 5) is 13.8. The molecule has 0 saturated carbocycles. The number of ether oxygens (including phenoxy) is 1. The van der Waals surface area contributed by atoms with E-state index in [0.717, 1.165) is 25.9 Å². The molecule has 1 aromatic carbocycles. The standard InChI is InChI=1S/C14H20N2O4S/c1-10-11(2)13(21(15,18)19)6-5-12(10)20-9-14(17)16-7-3-4-8-16/h5-6H,3-4,7-9H2,1-2H3,(H2,15,18,19). The van der Waals surface area contributed by atoms with E-state index in [-0.39, 0.29) is 17.4 Å². The van der Waals surface area contributed by atoms with Crippen molar-refractivity contribution >= 4 is 15.9 Å². The number of carbonyl (C=O) groups is 1.